The summed E-state index contributed by atoms with van der Waals surface area (Å²) in [6.07, 6.45) is 97.5. The van der Waals surface area contributed by atoms with E-state index in [9.17, 15) is 0 Å². The Morgan fingerprint density at radius 2 is 0.357 bits per heavy atom. The summed E-state index contributed by atoms with van der Waals surface area (Å²) < 4.78 is 3.44. The van der Waals surface area contributed by atoms with Crippen LogP contribution in [0.4, 0.5) is 0 Å². The molecular formula is C90H196N2P6+8. The summed E-state index contributed by atoms with van der Waals surface area (Å²) in [6, 6.07) is 6.34. The van der Waals surface area contributed by atoms with Crippen LogP contribution in [0.1, 0.15) is 369 Å². The van der Waals surface area contributed by atoms with Gasteiger partial charge in [0.2, 0.25) is 0 Å². The molecule has 2 nitrogen and oxygen atoms in total. The van der Waals surface area contributed by atoms with Crippen LogP contribution in [0, 0.1) is 0 Å². The summed E-state index contributed by atoms with van der Waals surface area (Å²) in [7, 11) is 3.26. The quantitative estimate of drug-likeness (QED) is 0.0265. The third-order valence-electron chi connectivity index (χ3n) is 22.5. The molecule has 588 valence electrons. The van der Waals surface area contributed by atoms with Gasteiger partial charge in [-0.15, -0.1) is 0 Å². The molecule has 0 aliphatic rings. The molecular weight excluding hydrogens is 1290 g/mol. The van der Waals surface area contributed by atoms with Crippen molar-refractivity contribution in [2.24, 2.45) is 0 Å². The Labute approximate surface area is 629 Å². The van der Waals surface area contributed by atoms with Crippen LogP contribution >= 0.6 is 43.6 Å². The molecule has 0 fully saturated rings. The average molecular weight is 1490 g/mol. The monoisotopic (exact) mass is 1490 g/mol. The Morgan fingerprint density at radius 3 is 0.561 bits per heavy atom. The van der Waals surface area contributed by atoms with Gasteiger partial charge in [-0.3, -0.25) is 0 Å². The first-order valence-corrected chi connectivity index (χ1v) is 60.3. The van der Waals surface area contributed by atoms with Gasteiger partial charge in [0, 0.05) is 62.1 Å². The summed E-state index contributed by atoms with van der Waals surface area (Å²) in [5.74, 6) is 0. The summed E-state index contributed by atoms with van der Waals surface area (Å²) in [5, 5.41) is 0. The molecule has 0 aromatic carbocycles. The number of nitrogens with zero attached hydrogens (tertiary/aromatic N) is 2. The molecule has 1 heterocycles. The maximum absolute atomic E-state index is 2.42. The van der Waals surface area contributed by atoms with Crippen molar-refractivity contribution in [3.63, 3.8) is 0 Å². The number of hydrogen-bond acceptors (Lipinski definition) is 0. The smallest absolute Gasteiger partial charge is 0.168 e. The van der Waals surface area contributed by atoms with E-state index in [0.717, 1.165) is 4.48 Å². The van der Waals surface area contributed by atoms with Crippen LogP contribution in [-0.4, -0.2) is 180 Å². The summed E-state index contributed by atoms with van der Waals surface area (Å²) in [6.45, 7) is 45.8. The molecule has 8 heteroatoms. The second-order valence-electron chi connectivity index (χ2n) is 33.6. The minimum absolute atomic E-state index is 0.582. The van der Waals surface area contributed by atoms with Crippen molar-refractivity contribution in [3.05, 3.63) is 30.6 Å². The summed E-state index contributed by atoms with van der Waals surface area (Å²) in [4.78, 5) is 0. The number of unbranched alkanes of at least 4 members (excludes halogenated alkanes) is 16. The van der Waals surface area contributed by atoms with Gasteiger partial charge in [0.1, 0.15) is 6.54 Å². The number of rotatable bonds is 68. The van der Waals surface area contributed by atoms with Crippen LogP contribution in [-0.2, 0) is 6.54 Å². The Morgan fingerprint density at radius 1 is 0.184 bits per heavy atom. The number of pyridine rings is 1. The van der Waals surface area contributed by atoms with Crippen molar-refractivity contribution in [2.45, 2.75) is 375 Å². The van der Waals surface area contributed by atoms with E-state index in [0.29, 0.717) is 0 Å². The number of aromatic nitrogens is 1. The molecule has 0 bridgehead atoms. The predicted molar refractivity (Wildman–Crippen MR) is 485 cm³/mol. The van der Waals surface area contributed by atoms with Crippen molar-refractivity contribution in [1.29, 1.82) is 0 Å². The highest BCUT2D eigenvalue weighted by molar-refractivity contribution is 7.77. The van der Waals surface area contributed by atoms with Gasteiger partial charge >= 0.3 is 0 Å². The fourth-order valence-corrected chi connectivity index (χ4v) is 49.0. The Hall–Kier alpha value is 1.69. The lowest BCUT2D eigenvalue weighted by Gasteiger charge is -2.29. The lowest BCUT2D eigenvalue weighted by molar-refractivity contribution is -0.870. The van der Waals surface area contributed by atoms with Crippen molar-refractivity contribution in [2.75, 3.05) is 176 Å². The zero-order valence-electron chi connectivity index (χ0n) is 72.7. The fourth-order valence-electron chi connectivity index (χ4n) is 18.4. The minimum atomic E-state index is -0.656. The molecule has 0 aliphatic heterocycles. The maximum Gasteiger partial charge on any atom is 0.168 e. The lowest BCUT2D eigenvalue weighted by Crippen LogP contribution is -2.35. The average Bonchev–Trinajstić information content (AvgIpc) is 0.925. The molecule has 1 aromatic rings. The van der Waals surface area contributed by atoms with E-state index in [-0.39, 0.29) is 0 Å². The van der Waals surface area contributed by atoms with Crippen LogP contribution in [0.25, 0.3) is 0 Å². The number of hydrogen-bond donors (Lipinski definition) is 0. The van der Waals surface area contributed by atoms with Gasteiger partial charge in [-0.05, 0) is 193 Å². The van der Waals surface area contributed by atoms with Crippen LogP contribution in [0.5, 0.6) is 0 Å². The van der Waals surface area contributed by atoms with Crippen molar-refractivity contribution >= 4 is 43.6 Å². The fraction of sp³-hybridized carbons (Fsp3) is 0.944. The van der Waals surface area contributed by atoms with Gasteiger partial charge in [0.05, 0.1) is 176 Å². The van der Waals surface area contributed by atoms with E-state index in [4.69, 9.17) is 0 Å². The lowest BCUT2D eigenvalue weighted by atomic mass is 10.1. The van der Waals surface area contributed by atoms with Crippen LogP contribution < -0.4 is 4.57 Å². The largest absolute Gasteiger partial charge is 0.331 e. The molecule has 0 aliphatic carbocycles. The Bertz CT molecular complexity index is 1590. The third kappa shape index (κ3) is 55.1. The van der Waals surface area contributed by atoms with Gasteiger partial charge in [-0.1, -0.05) is 176 Å². The van der Waals surface area contributed by atoms with Crippen molar-refractivity contribution < 1.29 is 9.05 Å². The van der Waals surface area contributed by atoms with E-state index in [2.05, 4.69) is 181 Å². The molecule has 0 spiro atoms. The summed E-state index contributed by atoms with van der Waals surface area (Å²) >= 11 is 0. The Kier molecular flexibility index (Phi) is 74.6. The third-order valence-corrected chi connectivity index (χ3v) is 54.8. The number of aryl methyl sites for hydroxylation is 1. The van der Waals surface area contributed by atoms with E-state index < -0.39 is 43.6 Å². The van der Waals surface area contributed by atoms with Crippen LogP contribution in [0.15, 0.2) is 30.6 Å². The van der Waals surface area contributed by atoms with Crippen LogP contribution in [0.3, 0.4) is 0 Å². The molecule has 98 heavy (non-hydrogen) atoms. The predicted octanol–water partition coefficient (Wildman–Crippen LogP) is 30.9. The second-order valence-corrected chi connectivity index (χ2v) is 60.4. The number of quaternary nitrogens is 1. The first-order chi connectivity index (χ1) is 47.3. The van der Waals surface area contributed by atoms with Crippen molar-refractivity contribution in [3.8, 4) is 0 Å². The zero-order valence-corrected chi connectivity index (χ0v) is 78.1. The molecule has 1 aromatic heterocycles. The zero-order chi connectivity index (χ0) is 73.9. The van der Waals surface area contributed by atoms with E-state index in [1.54, 1.807) is 161 Å². The maximum atomic E-state index is 2.42. The first-order valence-electron chi connectivity index (χ1n) is 45.1. The van der Waals surface area contributed by atoms with Crippen molar-refractivity contribution in [1.82, 2.24) is 0 Å². The standard InChI is InChI=1S/C28H62P2.C26H58P2.C19H36NP.C17H40NP/c1-7-21-29(22-8-2,23-9-3)27-19-17-15-13-14-16-18-20-28-30(24-10-4,25-11-5)26-12-6;1-7-13-22-28(23-14-8-2,24-15-9-3)26-18-16-17-25-27(19-10-4,20-11-5)21-12-6;1-4-16-21(17-5-2,18-6-3)19-12-8-11-15-20-13-9-7-10-14-20;1-7-14-19(15-8-2,16-9-3)17-12-10-11-13-18(4,5)6/h7-28H2,1-6H3;7-26H2,1-6H3;7,9-10,13-14H,4-6,8,11-12,15-19H2,1-3H3;7-17H2,1-6H3/q4*+2. The second kappa shape index (κ2) is 70.4. The molecule has 0 atom stereocenters. The molecule has 0 unspecified atom stereocenters. The van der Waals surface area contributed by atoms with Crippen LogP contribution in [0.2, 0.25) is 0 Å². The molecule has 1 rings (SSSR count). The summed E-state index contributed by atoms with van der Waals surface area (Å²) in [5.41, 5.74) is 0. The topological polar surface area (TPSA) is 3.88 Å². The molecule has 0 amide bonds. The van der Waals surface area contributed by atoms with Gasteiger partial charge in [-0.25, -0.2) is 4.57 Å². The molecule has 0 radical (unpaired) electrons. The molecule has 0 saturated heterocycles. The molecule has 0 N–H and O–H groups in total. The normalized spacial score (nSPS) is 12.5. The van der Waals surface area contributed by atoms with E-state index in [1.165, 1.54) is 244 Å². The van der Waals surface area contributed by atoms with Gasteiger partial charge in [0.25, 0.3) is 0 Å². The highest BCUT2D eigenvalue weighted by Crippen LogP contribution is 2.65. The van der Waals surface area contributed by atoms with E-state index in [1.807, 2.05) is 0 Å². The first kappa shape index (κ1) is 104. The minimum Gasteiger partial charge on any atom is -0.331 e. The van der Waals surface area contributed by atoms with E-state index >= 15 is 0 Å². The Balaban J connectivity index is -0.00000125. The van der Waals surface area contributed by atoms with Gasteiger partial charge < -0.3 is 4.48 Å². The highest BCUT2D eigenvalue weighted by atomic mass is 31.2. The highest BCUT2D eigenvalue weighted by Gasteiger charge is 2.39. The molecule has 0 saturated carbocycles. The van der Waals surface area contributed by atoms with Gasteiger partial charge in [0.15, 0.2) is 12.4 Å². The van der Waals surface area contributed by atoms with Gasteiger partial charge in [-0.2, -0.15) is 0 Å². The SMILES string of the molecule is CCCC[P+](CCCC)(CCCC)CCCCC[P+](CCC)(CCC)CCC.CCC[P+](CCC)(CCC)CCCCCCCCCC[P+](CCC)(CCC)CCC.CCC[P+](CCC)(CCC)CCCCC[N+](C)(C)C.CCC[P+](CCC)(CCC)CCCCC[n+]1ccccc1.